The van der Waals surface area contributed by atoms with E-state index in [9.17, 15) is 19.5 Å². The Hall–Kier alpha value is -1.97. The number of nitrogens with zero attached hydrogens (tertiary/aromatic N) is 1. The topological polar surface area (TPSA) is 148 Å². The monoisotopic (exact) mass is 271 g/mol. The molecule has 2 heterocycles. The Bertz CT molecular complexity index is 606. The second-order valence-electron chi connectivity index (χ2n) is 4.19. The van der Waals surface area contributed by atoms with Crippen LogP contribution in [0, 0.1) is 0 Å². The number of H-pyrrole nitrogens is 1. The Morgan fingerprint density at radius 1 is 1.58 bits per heavy atom. The molecule has 104 valence electrons. The average Bonchev–Trinajstić information content (AvgIpc) is 2.69. The van der Waals surface area contributed by atoms with Gasteiger partial charge in [0.05, 0.1) is 12.7 Å². The van der Waals surface area contributed by atoms with Crippen molar-refractivity contribution < 1.29 is 19.7 Å². The van der Waals surface area contributed by atoms with E-state index in [1.807, 2.05) is 4.98 Å². The lowest BCUT2D eigenvalue weighted by Crippen LogP contribution is -2.37. The van der Waals surface area contributed by atoms with E-state index in [0.29, 0.717) is 0 Å². The Morgan fingerprint density at radius 2 is 2.26 bits per heavy atom. The van der Waals surface area contributed by atoms with Crippen molar-refractivity contribution in [2.75, 3.05) is 6.61 Å². The number of aromatic amines is 1. The first-order valence-corrected chi connectivity index (χ1v) is 5.53. The number of carbonyl (C=O) groups is 1. The summed E-state index contributed by atoms with van der Waals surface area (Å²) in [7, 11) is 0. The summed E-state index contributed by atoms with van der Waals surface area (Å²) in [6.07, 6.45) is -1.60. The second-order valence-corrected chi connectivity index (χ2v) is 4.19. The number of rotatable bonds is 3. The number of nitrogens with two attached hydrogens (primary N) is 1. The van der Waals surface area contributed by atoms with Crippen LogP contribution in [0.5, 0.6) is 0 Å². The molecular weight excluding hydrogens is 258 g/mol. The van der Waals surface area contributed by atoms with Gasteiger partial charge in [-0.05, 0) is 0 Å². The van der Waals surface area contributed by atoms with E-state index in [2.05, 4.69) is 0 Å². The zero-order valence-corrected chi connectivity index (χ0v) is 9.78. The van der Waals surface area contributed by atoms with Gasteiger partial charge in [-0.15, -0.1) is 0 Å². The van der Waals surface area contributed by atoms with Crippen molar-refractivity contribution in [3.63, 3.8) is 0 Å². The lowest BCUT2D eigenvalue weighted by molar-refractivity contribution is -0.0459. The summed E-state index contributed by atoms with van der Waals surface area (Å²) in [5, 5.41) is 18.5. The minimum Gasteiger partial charge on any atom is -0.394 e. The van der Waals surface area contributed by atoms with Crippen molar-refractivity contribution >= 4 is 5.91 Å². The minimum absolute atomic E-state index is 0.0510. The molecule has 0 bridgehead atoms. The molecule has 0 spiro atoms. The Morgan fingerprint density at radius 3 is 2.79 bits per heavy atom. The van der Waals surface area contributed by atoms with Gasteiger partial charge in [-0.2, -0.15) is 0 Å². The van der Waals surface area contributed by atoms with Crippen molar-refractivity contribution in [3.8, 4) is 0 Å². The number of aliphatic hydroxyl groups excluding tert-OH is 2. The molecule has 1 aromatic rings. The quantitative estimate of drug-likeness (QED) is 0.469. The maximum atomic E-state index is 11.6. The highest BCUT2D eigenvalue weighted by atomic mass is 16.5. The van der Waals surface area contributed by atoms with Crippen LogP contribution in [0.15, 0.2) is 15.8 Å². The summed E-state index contributed by atoms with van der Waals surface area (Å²) in [6, 6.07) is 0. The molecule has 1 amide bonds. The predicted molar refractivity (Wildman–Crippen MR) is 61.5 cm³/mol. The maximum Gasteiger partial charge on any atom is 0.330 e. The Kier molecular flexibility index (Phi) is 3.51. The normalized spacial score (nSPS) is 26.5. The molecule has 2 rings (SSSR count). The van der Waals surface area contributed by atoms with Crippen LogP contribution in [0.1, 0.15) is 23.0 Å². The lowest BCUT2D eigenvalue weighted by Gasteiger charge is -2.14. The van der Waals surface area contributed by atoms with E-state index in [0.717, 1.165) is 10.8 Å². The molecule has 1 aromatic heterocycles. The highest BCUT2D eigenvalue weighted by Crippen LogP contribution is 2.27. The number of amides is 1. The Balaban J connectivity index is 2.41. The van der Waals surface area contributed by atoms with Crippen LogP contribution in [0.3, 0.4) is 0 Å². The molecule has 1 aliphatic rings. The van der Waals surface area contributed by atoms with Crippen molar-refractivity contribution in [3.05, 3.63) is 32.6 Å². The molecule has 1 aliphatic heterocycles. The summed E-state index contributed by atoms with van der Waals surface area (Å²) in [4.78, 5) is 36.0. The first-order valence-electron chi connectivity index (χ1n) is 5.53. The fourth-order valence-corrected chi connectivity index (χ4v) is 1.92. The van der Waals surface area contributed by atoms with Crippen LogP contribution in [-0.4, -0.2) is 44.5 Å². The van der Waals surface area contributed by atoms with Gasteiger partial charge in [0, 0.05) is 12.6 Å². The first kappa shape index (κ1) is 13.5. The molecule has 0 aromatic carbocycles. The number of ether oxygens (including phenoxy) is 1. The Labute approximate surface area is 106 Å². The SMILES string of the molecule is NC(=O)c1cn([C@H]2C[C@H](O)[C@@H](CO)O2)c(=O)[nH]c1=O. The zero-order chi connectivity index (χ0) is 14.2. The van der Waals surface area contributed by atoms with E-state index >= 15 is 0 Å². The lowest BCUT2D eigenvalue weighted by atomic mass is 10.2. The van der Waals surface area contributed by atoms with Crippen molar-refractivity contribution in [1.29, 1.82) is 0 Å². The number of carbonyl (C=O) groups excluding carboxylic acids is 1. The number of aromatic nitrogens is 2. The fraction of sp³-hybridized carbons (Fsp3) is 0.500. The first-order chi connectivity index (χ1) is 8.93. The van der Waals surface area contributed by atoms with Gasteiger partial charge in [0.2, 0.25) is 0 Å². The summed E-state index contributed by atoms with van der Waals surface area (Å²) < 4.78 is 6.21. The van der Waals surface area contributed by atoms with Gasteiger partial charge >= 0.3 is 5.69 Å². The molecule has 19 heavy (non-hydrogen) atoms. The third kappa shape index (κ3) is 2.43. The molecule has 1 fully saturated rings. The van der Waals surface area contributed by atoms with Crippen LogP contribution < -0.4 is 17.0 Å². The smallest absolute Gasteiger partial charge is 0.330 e. The van der Waals surface area contributed by atoms with E-state index in [1.54, 1.807) is 0 Å². The molecule has 0 saturated carbocycles. The number of primary amides is 1. The van der Waals surface area contributed by atoms with Crippen LogP contribution in [0.2, 0.25) is 0 Å². The summed E-state index contributed by atoms with van der Waals surface area (Å²) >= 11 is 0. The number of hydrogen-bond acceptors (Lipinski definition) is 6. The van der Waals surface area contributed by atoms with Crippen LogP contribution >= 0.6 is 0 Å². The van der Waals surface area contributed by atoms with Crippen LogP contribution in [0.25, 0.3) is 0 Å². The summed E-state index contributed by atoms with van der Waals surface area (Å²) in [5.74, 6) is -0.979. The average molecular weight is 271 g/mol. The van der Waals surface area contributed by atoms with E-state index in [-0.39, 0.29) is 12.0 Å². The predicted octanol–water partition coefficient (Wildman–Crippen LogP) is -2.72. The maximum absolute atomic E-state index is 11.6. The van der Waals surface area contributed by atoms with E-state index < -0.39 is 42.2 Å². The molecule has 9 nitrogen and oxygen atoms in total. The van der Waals surface area contributed by atoms with Gasteiger partial charge in [-0.1, -0.05) is 0 Å². The van der Waals surface area contributed by atoms with Gasteiger partial charge in [0.1, 0.15) is 17.9 Å². The summed E-state index contributed by atoms with van der Waals surface area (Å²) in [6.45, 7) is -0.404. The van der Waals surface area contributed by atoms with Crippen molar-refractivity contribution in [2.24, 2.45) is 5.73 Å². The largest absolute Gasteiger partial charge is 0.394 e. The molecule has 5 N–H and O–H groups in total. The highest BCUT2D eigenvalue weighted by molar-refractivity contribution is 5.91. The highest BCUT2D eigenvalue weighted by Gasteiger charge is 2.35. The third-order valence-corrected chi connectivity index (χ3v) is 2.93. The summed E-state index contributed by atoms with van der Waals surface area (Å²) in [5.41, 5.74) is 2.95. The standard InChI is InChI=1S/C10H13N3O6/c11-8(16)4-2-13(10(18)12-9(4)17)7-1-5(15)6(3-14)19-7/h2,5-7,14-15H,1,3H2,(H2,11,16)(H,12,17,18)/t5-,6+,7+/m0/s1. The third-order valence-electron chi connectivity index (χ3n) is 2.93. The van der Waals surface area contributed by atoms with Gasteiger partial charge in [0.15, 0.2) is 0 Å². The van der Waals surface area contributed by atoms with Crippen molar-refractivity contribution in [2.45, 2.75) is 24.9 Å². The number of nitrogens with one attached hydrogen (secondary N) is 1. The van der Waals surface area contributed by atoms with E-state index in [1.165, 1.54) is 0 Å². The molecule has 3 atom stereocenters. The molecule has 0 radical (unpaired) electrons. The minimum atomic E-state index is -0.979. The van der Waals surface area contributed by atoms with Gasteiger partial charge in [-0.25, -0.2) is 4.79 Å². The second kappa shape index (κ2) is 4.96. The molecule has 0 unspecified atom stereocenters. The number of aliphatic hydroxyl groups is 2. The molecule has 0 aliphatic carbocycles. The molecular formula is C10H13N3O6. The molecule has 9 heteroatoms. The van der Waals surface area contributed by atoms with Crippen LogP contribution in [0.4, 0.5) is 0 Å². The molecule has 1 saturated heterocycles. The van der Waals surface area contributed by atoms with Crippen LogP contribution in [-0.2, 0) is 4.74 Å². The van der Waals surface area contributed by atoms with Gasteiger partial charge in [-0.3, -0.25) is 19.1 Å². The fourth-order valence-electron chi connectivity index (χ4n) is 1.92. The number of hydrogen-bond donors (Lipinski definition) is 4. The zero-order valence-electron chi connectivity index (χ0n) is 9.78. The van der Waals surface area contributed by atoms with Gasteiger partial charge < -0.3 is 20.7 Å². The van der Waals surface area contributed by atoms with Gasteiger partial charge in [0.25, 0.3) is 11.5 Å². The van der Waals surface area contributed by atoms with E-state index in [4.69, 9.17) is 15.6 Å². The van der Waals surface area contributed by atoms with Crippen molar-refractivity contribution in [1.82, 2.24) is 9.55 Å².